The summed E-state index contributed by atoms with van der Waals surface area (Å²) in [7, 11) is -3.44. The lowest BCUT2D eigenvalue weighted by Crippen LogP contribution is -2.29. The zero-order valence-corrected chi connectivity index (χ0v) is 8.69. The van der Waals surface area contributed by atoms with Gasteiger partial charge in [-0.2, -0.15) is 0 Å². The molecular formula is C7H15NO4S. The molecule has 0 saturated carbocycles. The summed E-state index contributed by atoms with van der Waals surface area (Å²) in [5.41, 5.74) is 0. The lowest BCUT2D eigenvalue weighted by Gasteiger charge is -2.04. The van der Waals surface area contributed by atoms with Crippen LogP contribution in [0.3, 0.4) is 0 Å². The van der Waals surface area contributed by atoms with Crippen LogP contribution in [0.4, 0.5) is 0 Å². The van der Waals surface area contributed by atoms with Gasteiger partial charge < -0.3 is 4.84 Å². The van der Waals surface area contributed by atoms with E-state index in [9.17, 15) is 13.2 Å². The number of sulfonamides is 1. The van der Waals surface area contributed by atoms with Crippen LogP contribution < -0.4 is 4.89 Å². The molecule has 0 saturated heterocycles. The summed E-state index contributed by atoms with van der Waals surface area (Å²) < 4.78 is 21.9. The molecule has 0 radical (unpaired) electrons. The van der Waals surface area contributed by atoms with Crippen LogP contribution in [0.1, 0.15) is 33.1 Å². The third-order valence-electron chi connectivity index (χ3n) is 1.21. The molecule has 13 heavy (non-hydrogen) atoms. The molecule has 78 valence electrons. The van der Waals surface area contributed by atoms with E-state index >= 15 is 0 Å². The van der Waals surface area contributed by atoms with E-state index in [4.69, 9.17) is 0 Å². The van der Waals surface area contributed by atoms with Crippen LogP contribution in [-0.4, -0.2) is 20.1 Å². The number of carbonyl (C=O) groups excluding carboxylic acids is 1. The molecule has 0 atom stereocenters. The van der Waals surface area contributed by atoms with Gasteiger partial charge in [0, 0.05) is 6.42 Å². The highest BCUT2D eigenvalue weighted by Gasteiger charge is 2.11. The number of carbonyl (C=O) groups is 1. The number of rotatable bonds is 6. The highest BCUT2D eigenvalue weighted by Crippen LogP contribution is 1.92. The van der Waals surface area contributed by atoms with Gasteiger partial charge in [-0.05, 0) is 17.7 Å². The van der Waals surface area contributed by atoms with Crippen LogP contribution in [0.25, 0.3) is 0 Å². The maximum atomic E-state index is 11.0. The molecule has 0 unspecified atom stereocenters. The van der Waals surface area contributed by atoms with Gasteiger partial charge in [-0.15, -0.1) is 0 Å². The van der Waals surface area contributed by atoms with E-state index in [0.717, 1.165) is 0 Å². The smallest absolute Gasteiger partial charge is 0.326 e. The fourth-order valence-corrected chi connectivity index (χ4v) is 1.52. The Morgan fingerprint density at radius 1 is 1.31 bits per heavy atom. The Kier molecular flexibility index (Phi) is 5.65. The Hall–Kier alpha value is -0.620. The molecule has 0 aromatic rings. The zero-order chi connectivity index (χ0) is 10.3. The van der Waals surface area contributed by atoms with E-state index in [0.29, 0.717) is 12.8 Å². The lowest BCUT2D eigenvalue weighted by atomic mass is 10.3. The molecule has 1 N–H and O–H groups in total. The van der Waals surface area contributed by atoms with Gasteiger partial charge in [0.1, 0.15) is 0 Å². The van der Waals surface area contributed by atoms with Crippen LogP contribution >= 0.6 is 0 Å². The predicted molar refractivity (Wildman–Crippen MR) is 48.2 cm³/mol. The minimum atomic E-state index is -3.44. The second-order valence-corrected chi connectivity index (χ2v) is 4.43. The first-order valence-corrected chi connectivity index (χ1v) is 5.86. The fraction of sp³-hybridized carbons (Fsp3) is 0.857. The first-order valence-electron chi connectivity index (χ1n) is 4.21. The van der Waals surface area contributed by atoms with Crippen molar-refractivity contribution in [2.45, 2.75) is 33.1 Å². The maximum absolute atomic E-state index is 11.0. The molecule has 5 nitrogen and oxygen atoms in total. The van der Waals surface area contributed by atoms with Crippen LogP contribution in [0.2, 0.25) is 0 Å². The van der Waals surface area contributed by atoms with Crippen molar-refractivity contribution in [1.82, 2.24) is 4.89 Å². The van der Waals surface area contributed by atoms with E-state index in [1.165, 1.54) is 0 Å². The van der Waals surface area contributed by atoms with Crippen LogP contribution in [0.5, 0.6) is 0 Å². The minimum Gasteiger partial charge on any atom is -0.356 e. The number of hydrogen-bond donors (Lipinski definition) is 1. The van der Waals surface area contributed by atoms with E-state index in [2.05, 4.69) is 4.84 Å². The molecule has 0 aliphatic carbocycles. The fourth-order valence-electron chi connectivity index (χ4n) is 0.676. The lowest BCUT2D eigenvalue weighted by molar-refractivity contribution is -0.147. The quantitative estimate of drug-likeness (QED) is 0.649. The van der Waals surface area contributed by atoms with Gasteiger partial charge >= 0.3 is 5.97 Å². The molecule has 0 fully saturated rings. The van der Waals surface area contributed by atoms with E-state index in [1.807, 2.05) is 6.92 Å². The standard InChI is InChI=1S/C7H15NO4S/c1-3-5-7(9)12-8-13(10,11)6-4-2/h8H,3-6H2,1-2H3. The summed E-state index contributed by atoms with van der Waals surface area (Å²) in [6.07, 6.45) is 1.34. The molecule has 0 aromatic heterocycles. The van der Waals surface area contributed by atoms with Gasteiger partial charge in [0.05, 0.1) is 5.75 Å². The van der Waals surface area contributed by atoms with Crippen molar-refractivity contribution in [3.05, 3.63) is 0 Å². The molecule has 0 bridgehead atoms. The monoisotopic (exact) mass is 209 g/mol. The van der Waals surface area contributed by atoms with Crippen molar-refractivity contribution >= 4 is 16.0 Å². The third kappa shape index (κ3) is 6.53. The third-order valence-corrected chi connectivity index (χ3v) is 2.49. The Morgan fingerprint density at radius 3 is 2.38 bits per heavy atom. The molecule has 0 amide bonds. The minimum absolute atomic E-state index is 0.0353. The van der Waals surface area contributed by atoms with Crippen molar-refractivity contribution in [2.75, 3.05) is 5.75 Å². The van der Waals surface area contributed by atoms with Crippen molar-refractivity contribution in [3.8, 4) is 0 Å². The van der Waals surface area contributed by atoms with Gasteiger partial charge in [0.2, 0.25) is 10.0 Å². The summed E-state index contributed by atoms with van der Waals surface area (Å²) in [6.45, 7) is 3.54. The molecule has 0 spiro atoms. The van der Waals surface area contributed by atoms with E-state index in [-0.39, 0.29) is 12.2 Å². The van der Waals surface area contributed by atoms with Crippen LogP contribution in [-0.2, 0) is 19.7 Å². The summed E-state index contributed by atoms with van der Waals surface area (Å²) >= 11 is 0. The maximum Gasteiger partial charge on any atom is 0.326 e. The summed E-state index contributed by atoms with van der Waals surface area (Å²) in [5.74, 6) is -0.589. The van der Waals surface area contributed by atoms with Crippen molar-refractivity contribution in [1.29, 1.82) is 0 Å². The normalized spacial score (nSPS) is 11.2. The van der Waals surface area contributed by atoms with Gasteiger partial charge in [-0.3, -0.25) is 4.79 Å². The summed E-state index contributed by atoms with van der Waals surface area (Å²) in [5, 5.41) is 0. The summed E-state index contributed by atoms with van der Waals surface area (Å²) in [6, 6.07) is 0. The van der Waals surface area contributed by atoms with Crippen molar-refractivity contribution < 1.29 is 18.0 Å². The number of nitrogens with one attached hydrogen (secondary N) is 1. The van der Waals surface area contributed by atoms with Gasteiger partial charge in [0.15, 0.2) is 0 Å². The molecule has 6 heteroatoms. The molecule has 0 rings (SSSR count). The SMILES string of the molecule is CCCC(=O)ONS(=O)(=O)CCC. The summed E-state index contributed by atoms with van der Waals surface area (Å²) in [4.78, 5) is 16.8. The first kappa shape index (κ1) is 12.4. The molecule has 0 aliphatic rings. The highest BCUT2D eigenvalue weighted by molar-refractivity contribution is 7.89. The molecule has 0 aliphatic heterocycles. The Balaban J connectivity index is 3.81. The largest absolute Gasteiger partial charge is 0.356 e. The Bertz CT molecular complexity index is 247. The average Bonchev–Trinajstić information content (AvgIpc) is 2.02. The topological polar surface area (TPSA) is 72.5 Å². The van der Waals surface area contributed by atoms with Crippen LogP contribution in [0, 0.1) is 0 Å². The Morgan fingerprint density at radius 2 is 1.92 bits per heavy atom. The Labute approximate surface area is 78.5 Å². The molecular weight excluding hydrogens is 194 g/mol. The zero-order valence-electron chi connectivity index (χ0n) is 7.87. The van der Waals surface area contributed by atoms with E-state index < -0.39 is 16.0 Å². The molecule has 0 heterocycles. The van der Waals surface area contributed by atoms with Crippen molar-refractivity contribution in [2.24, 2.45) is 0 Å². The number of hydrogen-bond acceptors (Lipinski definition) is 4. The second-order valence-electron chi connectivity index (χ2n) is 2.63. The van der Waals surface area contributed by atoms with Crippen molar-refractivity contribution in [3.63, 3.8) is 0 Å². The van der Waals surface area contributed by atoms with Gasteiger partial charge in [-0.25, -0.2) is 8.42 Å². The van der Waals surface area contributed by atoms with Gasteiger partial charge in [-0.1, -0.05) is 13.8 Å². The van der Waals surface area contributed by atoms with Crippen LogP contribution in [0.15, 0.2) is 0 Å². The second kappa shape index (κ2) is 5.93. The average molecular weight is 209 g/mol. The molecule has 0 aromatic carbocycles. The van der Waals surface area contributed by atoms with E-state index in [1.54, 1.807) is 11.8 Å². The predicted octanol–water partition coefficient (Wildman–Crippen LogP) is 0.574. The highest BCUT2D eigenvalue weighted by atomic mass is 32.2. The first-order chi connectivity index (χ1) is 6.02. The van der Waals surface area contributed by atoms with Gasteiger partial charge in [0.25, 0.3) is 0 Å².